The Labute approximate surface area is 129 Å². The zero-order valence-electron chi connectivity index (χ0n) is 13.4. The molecule has 0 N–H and O–H groups in total. The Bertz CT molecular complexity index is 433. The van der Waals surface area contributed by atoms with E-state index in [2.05, 4.69) is 9.73 Å². The topological polar surface area (TPSA) is 40.0 Å². The predicted molar refractivity (Wildman–Crippen MR) is 75.2 cm³/mol. The smallest absolute Gasteiger partial charge is 0.425 e. The van der Waals surface area contributed by atoms with Gasteiger partial charge in [-0.25, -0.2) is 0 Å². The van der Waals surface area contributed by atoms with Crippen LogP contribution in [0.1, 0.15) is 34.6 Å². The summed E-state index contributed by atoms with van der Waals surface area (Å²) in [5.74, 6) is -1.99. The van der Waals surface area contributed by atoms with Crippen molar-refractivity contribution in [3.05, 3.63) is 12.1 Å². The Morgan fingerprint density at radius 3 is 2.00 bits per heavy atom. The average Bonchev–Trinajstić information content (AvgIpc) is 2.40. The first-order valence-electron chi connectivity index (χ1n) is 6.40. The normalized spacial score (nSPS) is 16.5. The molecule has 0 fully saturated rings. The van der Waals surface area contributed by atoms with E-state index >= 15 is 0 Å². The number of ether oxygens (including phenoxy) is 2. The fourth-order valence-corrected chi connectivity index (χ4v) is 0.983. The Hall–Kier alpha value is -1.25. The van der Waals surface area contributed by atoms with E-state index in [1.54, 1.807) is 27.7 Å². The summed E-state index contributed by atoms with van der Waals surface area (Å²) >= 11 is 0. The van der Waals surface area contributed by atoms with Gasteiger partial charge >= 0.3 is 6.18 Å². The second-order valence-electron chi connectivity index (χ2n) is 5.55. The molecule has 1 unspecified atom stereocenters. The van der Waals surface area contributed by atoms with Crippen molar-refractivity contribution in [1.29, 1.82) is 0 Å². The van der Waals surface area contributed by atoms with Gasteiger partial charge in [-0.2, -0.15) is 17.6 Å². The molecule has 0 bridgehead atoms. The van der Waals surface area contributed by atoms with Crippen LogP contribution in [0.5, 0.6) is 0 Å². The lowest BCUT2D eigenvalue weighted by Gasteiger charge is -2.40. The van der Waals surface area contributed by atoms with Gasteiger partial charge < -0.3 is 14.1 Å². The van der Waals surface area contributed by atoms with Crippen LogP contribution < -0.4 is 0 Å². The number of halogens is 4. The van der Waals surface area contributed by atoms with Gasteiger partial charge in [-0.1, -0.05) is 0 Å². The van der Waals surface area contributed by atoms with Gasteiger partial charge in [-0.05, 0) is 34.6 Å². The molecule has 0 aromatic rings. The van der Waals surface area contributed by atoms with Crippen LogP contribution in [0.3, 0.4) is 0 Å². The van der Waals surface area contributed by atoms with Gasteiger partial charge in [-0.3, -0.25) is 4.99 Å². The molecule has 0 aliphatic carbocycles. The fraction of sp³-hybridized carbons (Fsp3) is 0.769. The van der Waals surface area contributed by atoms with Gasteiger partial charge in [0.1, 0.15) is 11.9 Å². The van der Waals surface area contributed by atoms with E-state index in [-0.39, 0.29) is 0 Å². The van der Waals surface area contributed by atoms with E-state index in [9.17, 15) is 17.6 Å². The molecule has 0 spiro atoms. The monoisotopic (exact) mass is 325 g/mol. The molecular formula is C13H20BF4NO3. The lowest BCUT2D eigenvalue weighted by Crippen LogP contribution is -2.48. The van der Waals surface area contributed by atoms with Gasteiger partial charge in [0.25, 0.3) is 8.05 Å². The van der Waals surface area contributed by atoms with Crippen LogP contribution in [-0.4, -0.2) is 44.5 Å². The van der Waals surface area contributed by atoms with Crippen molar-refractivity contribution in [2.24, 2.45) is 4.99 Å². The Morgan fingerprint density at radius 1 is 1.14 bits per heavy atom. The van der Waals surface area contributed by atoms with E-state index in [1.807, 2.05) is 0 Å². The predicted octanol–water partition coefficient (Wildman–Crippen LogP) is 3.47. The van der Waals surface area contributed by atoms with Gasteiger partial charge in [0, 0.05) is 7.05 Å². The third-order valence-corrected chi connectivity index (χ3v) is 3.36. The molecule has 0 aromatic heterocycles. The number of hydrogen-bond donors (Lipinski definition) is 0. The maximum atomic E-state index is 13.9. The molecule has 22 heavy (non-hydrogen) atoms. The van der Waals surface area contributed by atoms with Crippen molar-refractivity contribution < 1.29 is 31.7 Å². The molecule has 0 rings (SSSR count). The molecule has 4 nitrogen and oxygen atoms in total. The van der Waals surface area contributed by atoms with Gasteiger partial charge in [0.15, 0.2) is 6.10 Å². The summed E-state index contributed by atoms with van der Waals surface area (Å²) in [4.78, 5) is 3.34. The fourth-order valence-electron chi connectivity index (χ4n) is 0.983. The van der Waals surface area contributed by atoms with Crippen LogP contribution in [0.15, 0.2) is 17.1 Å². The molecule has 0 aromatic carbocycles. The Kier molecular flexibility index (Phi) is 6.93. The number of rotatable bonds is 6. The third kappa shape index (κ3) is 5.51. The van der Waals surface area contributed by atoms with Crippen molar-refractivity contribution >= 4 is 13.9 Å². The van der Waals surface area contributed by atoms with Crippen molar-refractivity contribution in [3.8, 4) is 0 Å². The summed E-state index contributed by atoms with van der Waals surface area (Å²) in [6.07, 6.45) is -6.22. The molecule has 0 saturated carbocycles. The molecule has 0 saturated heterocycles. The van der Waals surface area contributed by atoms with E-state index in [0.29, 0.717) is 6.26 Å². The summed E-state index contributed by atoms with van der Waals surface area (Å²) in [5.41, 5.74) is -2.04. The van der Waals surface area contributed by atoms with Gasteiger partial charge in [0.05, 0.1) is 5.60 Å². The Balaban J connectivity index is 5.04. The third-order valence-electron chi connectivity index (χ3n) is 3.36. The lowest BCUT2D eigenvalue weighted by atomic mass is 9.88. The highest BCUT2D eigenvalue weighted by molar-refractivity contribution is 5.98. The van der Waals surface area contributed by atoms with E-state index in [1.165, 1.54) is 0 Å². The molecule has 0 amide bonds. The van der Waals surface area contributed by atoms with Crippen LogP contribution in [0, 0.1) is 0 Å². The van der Waals surface area contributed by atoms with Crippen LogP contribution in [0.25, 0.3) is 0 Å². The number of alkyl halides is 3. The zero-order valence-corrected chi connectivity index (χ0v) is 13.4. The summed E-state index contributed by atoms with van der Waals surface area (Å²) in [7, 11) is 6.23. The first-order chi connectivity index (χ1) is 9.78. The van der Waals surface area contributed by atoms with Gasteiger partial charge in [-0.15, -0.1) is 0 Å². The minimum Gasteiger partial charge on any atom is -0.489 e. The van der Waals surface area contributed by atoms with Crippen molar-refractivity contribution in [2.45, 2.75) is 58.1 Å². The molecule has 0 heterocycles. The van der Waals surface area contributed by atoms with E-state index in [0.717, 1.165) is 14.0 Å². The summed E-state index contributed by atoms with van der Waals surface area (Å²) in [5, 5.41) is 0. The second kappa shape index (κ2) is 7.35. The standard InChI is InChI=1S/C13H20BF4NO3/c1-8(13(16,17)18)21-10(19-6)9(15)7-20-11(2,3)12(4,5)22-14/h7-8H,1-6H3/b9-7+,19-10?. The molecule has 126 valence electrons. The SMILES string of the molecule is [B]OC(C)(C)C(C)(C)O/C=C(/F)C(=NC)OC(C)C(F)(F)F. The molecule has 9 heteroatoms. The minimum atomic E-state index is -4.63. The molecule has 0 aliphatic rings. The van der Waals surface area contributed by atoms with Gasteiger partial charge in [0.2, 0.25) is 11.7 Å². The van der Waals surface area contributed by atoms with E-state index < -0.39 is 35.2 Å². The summed E-state index contributed by atoms with van der Waals surface area (Å²) in [6, 6.07) is 0. The average molecular weight is 325 g/mol. The second-order valence-corrected chi connectivity index (χ2v) is 5.55. The first kappa shape index (κ1) is 20.8. The first-order valence-corrected chi connectivity index (χ1v) is 6.40. The zero-order chi connectivity index (χ0) is 17.8. The molecule has 1 atom stereocenters. The van der Waals surface area contributed by atoms with Crippen LogP contribution in [0.4, 0.5) is 17.6 Å². The highest BCUT2D eigenvalue weighted by atomic mass is 19.4. The molecule has 2 radical (unpaired) electrons. The minimum absolute atomic E-state index is 0.617. The summed E-state index contributed by atoms with van der Waals surface area (Å²) in [6.45, 7) is 7.11. The highest BCUT2D eigenvalue weighted by Crippen LogP contribution is 2.29. The largest absolute Gasteiger partial charge is 0.489 e. The number of hydrogen-bond acceptors (Lipinski definition) is 4. The maximum absolute atomic E-state index is 13.9. The number of aliphatic imine (C=N–C) groups is 1. The summed E-state index contributed by atoms with van der Waals surface area (Å²) < 4.78 is 65.5. The van der Waals surface area contributed by atoms with Crippen molar-refractivity contribution in [3.63, 3.8) is 0 Å². The maximum Gasteiger partial charge on any atom is 0.425 e. The van der Waals surface area contributed by atoms with E-state index in [4.69, 9.17) is 17.4 Å². The quantitative estimate of drug-likeness (QED) is 0.247. The highest BCUT2D eigenvalue weighted by Gasteiger charge is 2.40. The number of nitrogens with zero attached hydrogens (tertiary/aromatic N) is 1. The van der Waals surface area contributed by atoms with Crippen LogP contribution in [0.2, 0.25) is 0 Å². The molecular weight excluding hydrogens is 305 g/mol. The van der Waals surface area contributed by atoms with Crippen molar-refractivity contribution in [1.82, 2.24) is 0 Å². The lowest BCUT2D eigenvalue weighted by molar-refractivity contribution is -0.192. The van der Waals surface area contributed by atoms with Crippen molar-refractivity contribution in [2.75, 3.05) is 7.05 Å². The Morgan fingerprint density at radius 2 is 1.64 bits per heavy atom. The molecule has 0 aliphatic heterocycles. The van der Waals surface area contributed by atoms with Crippen LogP contribution in [-0.2, 0) is 14.1 Å². The van der Waals surface area contributed by atoms with Crippen LogP contribution >= 0.6 is 0 Å².